The fraction of sp³-hybridized carbons (Fsp3) is 0.571. The van der Waals surface area contributed by atoms with Crippen molar-refractivity contribution in [3.8, 4) is 0 Å². The second-order valence-electron chi connectivity index (χ2n) is 4.89. The van der Waals surface area contributed by atoms with Crippen LogP contribution in [0.3, 0.4) is 0 Å². The summed E-state index contributed by atoms with van der Waals surface area (Å²) in [5.41, 5.74) is 1.20. The van der Waals surface area contributed by atoms with Crippen molar-refractivity contribution < 1.29 is 26.2 Å². The molecule has 0 fully saturated rings. The number of rotatable bonds is 8. The fourth-order valence-corrected chi connectivity index (χ4v) is 6.89. The third-order valence-electron chi connectivity index (χ3n) is 3.43. The predicted octanol–water partition coefficient (Wildman–Crippen LogP) is 2.30. The minimum atomic E-state index is -4.27. The van der Waals surface area contributed by atoms with Crippen molar-refractivity contribution in [3.05, 3.63) is 35.6 Å². The van der Waals surface area contributed by atoms with Gasteiger partial charge in [-0.05, 0) is 38.5 Å². The summed E-state index contributed by atoms with van der Waals surface area (Å²) in [4.78, 5) is 0. The molecule has 0 aromatic carbocycles. The second-order valence-corrected chi connectivity index (χ2v) is 9.26. The molecule has 0 spiro atoms. The zero-order chi connectivity index (χ0) is 17.1. The average Bonchev–Trinajstić information content (AvgIpc) is 2.89. The maximum Gasteiger partial charge on any atom is 0.362 e. The van der Waals surface area contributed by atoms with Gasteiger partial charge in [-0.2, -0.15) is 8.42 Å². The van der Waals surface area contributed by atoms with Crippen molar-refractivity contribution in [1.82, 2.24) is 5.32 Å². The monoisotopic (exact) mass is 363 g/mol. The standard InChI is InChI=1S/C14H22NO6PS/c1-4-19-22(16,20-5-2)14(23(17,18)21-6-3)10-12-8-7-9-15-13(12)11-14/h7-8,10-11,15H,4-6,9H2,1-3H3. The van der Waals surface area contributed by atoms with Crippen LogP contribution in [-0.2, 0) is 27.9 Å². The Kier molecular flexibility index (Phi) is 5.53. The van der Waals surface area contributed by atoms with E-state index < -0.39 is 22.2 Å². The number of nitrogens with one attached hydrogen (secondary N) is 1. The number of allylic oxidation sites excluding steroid dienone is 1. The lowest BCUT2D eigenvalue weighted by Crippen LogP contribution is -2.37. The second kappa shape index (κ2) is 6.91. The first-order chi connectivity index (χ1) is 10.9. The summed E-state index contributed by atoms with van der Waals surface area (Å²) >= 11 is 0. The molecule has 0 aromatic heterocycles. The Hall–Kier alpha value is -0.920. The lowest BCUT2D eigenvalue weighted by Gasteiger charge is -2.31. The first-order valence-electron chi connectivity index (χ1n) is 7.50. The van der Waals surface area contributed by atoms with Crippen LogP contribution in [0.4, 0.5) is 0 Å². The Balaban J connectivity index is 2.68. The van der Waals surface area contributed by atoms with Crippen molar-refractivity contribution in [2.24, 2.45) is 0 Å². The Morgan fingerprint density at radius 1 is 1.17 bits per heavy atom. The Bertz CT molecular complexity index is 686. The molecule has 0 radical (unpaired) electrons. The molecular formula is C14H22NO6PS. The van der Waals surface area contributed by atoms with Crippen molar-refractivity contribution in [3.63, 3.8) is 0 Å². The summed E-state index contributed by atoms with van der Waals surface area (Å²) in [6.07, 6.45) is 6.39. The van der Waals surface area contributed by atoms with Gasteiger partial charge in [-0.15, -0.1) is 0 Å². The fourth-order valence-electron chi connectivity index (χ4n) is 2.55. The Morgan fingerprint density at radius 3 is 2.35 bits per heavy atom. The van der Waals surface area contributed by atoms with Gasteiger partial charge in [-0.3, -0.25) is 8.75 Å². The molecule has 1 aliphatic heterocycles. The highest BCUT2D eigenvalue weighted by atomic mass is 32.2. The molecule has 0 bridgehead atoms. The zero-order valence-electron chi connectivity index (χ0n) is 13.4. The van der Waals surface area contributed by atoms with Crippen LogP contribution >= 0.6 is 7.60 Å². The molecule has 0 saturated carbocycles. The van der Waals surface area contributed by atoms with Crippen molar-refractivity contribution in [2.45, 2.75) is 25.3 Å². The SMILES string of the molecule is CCOP(=O)(OCC)C1(S(=O)(=O)OCC)C=C2C=CCNC2=C1. The molecule has 130 valence electrons. The predicted molar refractivity (Wildman–Crippen MR) is 87.4 cm³/mol. The normalized spacial score (nSPS) is 24.0. The van der Waals surface area contributed by atoms with E-state index in [0.29, 0.717) is 17.8 Å². The summed E-state index contributed by atoms with van der Waals surface area (Å²) < 4.78 is 52.6. The van der Waals surface area contributed by atoms with Gasteiger partial charge in [0.2, 0.25) is 4.49 Å². The molecule has 1 unspecified atom stereocenters. The van der Waals surface area contributed by atoms with Crippen LogP contribution in [0.2, 0.25) is 0 Å². The lowest BCUT2D eigenvalue weighted by atomic mass is 10.2. The van der Waals surface area contributed by atoms with Crippen LogP contribution in [0.25, 0.3) is 0 Å². The van der Waals surface area contributed by atoms with E-state index in [2.05, 4.69) is 5.32 Å². The molecule has 0 saturated heterocycles. The molecule has 1 aliphatic carbocycles. The highest BCUT2D eigenvalue weighted by molar-refractivity contribution is 7.96. The average molecular weight is 363 g/mol. The first-order valence-corrected chi connectivity index (χ1v) is 10.5. The lowest BCUT2D eigenvalue weighted by molar-refractivity contribution is 0.213. The molecule has 9 heteroatoms. The summed E-state index contributed by atoms with van der Waals surface area (Å²) in [7, 11) is -8.33. The van der Waals surface area contributed by atoms with Crippen molar-refractivity contribution in [1.29, 1.82) is 0 Å². The van der Waals surface area contributed by atoms with Gasteiger partial charge >= 0.3 is 7.60 Å². The molecule has 23 heavy (non-hydrogen) atoms. The molecule has 1 N–H and O–H groups in total. The van der Waals surface area contributed by atoms with E-state index in [1.165, 1.54) is 12.2 Å². The van der Waals surface area contributed by atoms with E-state index in [9.17, 15) is 13.0 Å². The van der Waals surface area contributed by atoms with Gasteiger partial charge in [0.15, 0.2) is 0 Å². The molecule has 2 aliphatic rings. The third kappa shape index (κ3) is 3.06. The maximum absolute atomic E-state index is 13.4. The van der Waals surface area contributed by atoms with E-state index in [0.717, 1.165) is 0 Å². The maximum atomic E-state index is 13.4. The number of fused-ring (bicyclic) bond motifs is 1. The Morgan fingerprint density at radius 2 is 1.83 bits per heavy atom. The first kappa shape index (κ1) is 18.4. The van der Waals surface area contributed by atoms with Gasteiger partial charge < -0.3 is 14.4 Å². The smallest absolute Gasteiger partial charge is 0.362 e. The van der Waals surface area contributed by atoms with Crippen LogP contribution in [-0.4, -0.2) is 39.3 Å². The van der Waals surface area contributed by atoms with E-state index in [4.69, 9.17) is 13.2 Å². The topological polar surface area (TPSA) is 90.9 Å². The largest absolute Gasteiger partial charge is 0.381 e. The van der Waals surface area contributed by atoms with E-state index in [1.807, 2.05) is 6.08 Å². The van der Waals surface area contributed by atoms with Crippen LogP contribution < -0.4 is 5.32 Å². The van der Waals surface area contributed by atoms with Gasteiger partial charge in [0.25, 0.3) is 10.1 Å². The number of hydrogen-bond donors (Lipinski definition) is 1. The van der Waals surface area contributed by atoms with E-state index in [-0.39, 0.29) is 19.8 Å². The van der Waals surface area contributed by atoms with Crippen LogP contribution in [0.15, 0.2) is 35.6 Å². The van der Waals surface area contributed by atoms with Gasteiger partial charge in [-0.25, -0.2) is 0 Å². The third-order valence-corrected chi connectivity index (χ3v) is 8.67. The van der Waals surface area contributed by atoms with Crippen molar-refractivity contribution >= 4 is 17.7 Å². The number of hydrogen-bond acceptors (Lipinski definition) is 7. The van der Waals surface area contributed by atoms with Gasteiger partial charge in [0, 0.05) is 12.2 Å². The van der Waals surface area contributed by atoms with Gasteiger partial charge in [0.1, 0.15) is 0 Å². The molecule has 2 rings (SSSR count). The minimum Gasteiger partial charge on any atom is -0.381 e. The molecule has 7 nitrogen and oxygen atoms in total. The molecule has 0 aromatic rings. The van der Waals surface area contributed by atoms with E-state index >= 15 is 0 Å². The van der Waals surface area contributed by atoms with Crippen LogP contribution in [0.5, 0.6) is 0 Å². The summed E-state index contributed by atoms with van der Waals surface area (Å²) in [6, 6.07) is 0. The van der Waals surface area contributed by atoms with Gasteiger partial charge in [-0.1, -0.05) is 12.2 Å². The molecule has 1 heterocycles. The highest BCUT2D eigenvalue weighted by Crippen LogP contribution is 2.66. The summed E-state index contributed by atoms with van der Waals surface area (Å²) in [6.45, 7) is 5.41. The molecule has 0 amide bonds. The van der Waals surface area contributed by atoms with Crippen molar-refractivity contribution in [2.75, 3.05) is 26.4 Å². The van der Waals surface area contributed by atoms with Crippen LogP contribution in [0, 0.1) is 0 Å². The highest BCUT2D eigenvalue weighted by Gasteiger charge is 2.61. The quantitative estimate of drug-likeness (QED) is 0.523. The van der Waals surface area contributed by atoms with Gasteiger partial charge in [0.05, 0.1) is 19.8 Å². The van der Waals surface area contributed by atoms with Crippen LogP contribution in [0.1, 0.15) is 20.8 Å². The summed E-state index contributed by atoms with van der Waals surface area (Å²) in [5, 5.41) is 3.06. The van der Waals surface area contributed by atoms with E-state index in [1.54, 1.807) is 26.8 Å². The summed E-state index contributed by atoms with van der Waals surface area (Å²) in [5.74, 6) is 0. The minimum absolute atomic E-state index is 0.0519. The Labute approximate surface area is 137 Å². The zero-order valence-corrected chi connectivity index (χ0v) is 15.2. The molecular weight excluding hydrogens is 341 g/mol. The molecule has 1 atom stereocenters.